The summed E-state index contributed by atoms with van der Waals surface area (Å²) in [6.07, 6.45) is 3.10. The average Bonchev–Trinajstić information content (AvgIpc) is 2.38. The van der Waals surface area contributed by atoms with Gasteiger partial charge in [0.25, 0.3) is 0 Å². The first kappa shape index (κ1) is 15.2. The van der Waals surface area contributed by atoms with E-state index in [1.807, 2.05) is 44.2 Å². The van der Waals surface area contributed by atoms with Crippen LogP contribution in [0.2, 0.25) is 0 Å². The molecule has 1 aromatic carbocycles. The molecule has 0 fully saturated rings. The maximum Gasteiger partial charge on any atom is 0.224 e. The summed E-state index contributed by atoms with van der Waals surface area (Å²) in [7, 11) is 0. The van der Waals surface area contributed by atoms with E-state index in [9.17, 15) is 9.59 Å². The van der Waals surface area contributed by atoms with E-state index in [0.29, 0.717) is 18.0 Å². The number of hydrogen-bond acceptors (Lipinski definition) is 2. The summed E-state index contributed by atoms with van der Waals surface area (Å²) in [5, 5.41) is 2.70. The van der Waals surface area contributed by atoms with Gasteiger partial charge < -0.3 is 5.32 Å². The van der Waals surface area contributed by atoms with E-state index in [-0.39, 0.29) is 11.7 Å². The van der Waals surface area contributed by atoms with Gasteiger partial charge in [0, 0.05) is 13.3 Å². The maximum absolute atomic E-state index is 11.8. The summed E-state index contributed by atoms with van der Waals surface area (Å²) in [4.78, 5) is 23.4. The van der Waals surface area contributed by atoms with E-state index in [4.69, 9.17) is 0 Å². The van der Waals surface area contributed by atoms with Crippen LogP contribution in [0.5, 0.6) is 0 Å². The number of allylic oxidation sites excluding steroid dienone is 1. The average molecular weight is 259 g/mol. The zero-order valence-electron chi connectivity index (χ0n) is 11.8. The zero-order chi connectivity index (χ0) is 14.3. The maximum atomic E-state index is 11.8. The van der Waals surface area contributed by atoms with Gasteiger partial charge in [0.1, 0.15) is 0 Å². The number of rotatable bonds is 6. The summed E-state index contributed by atoms with van der Waals surface area (Å²) < 4.78 is 0. The highest BCUT2D eigenvalue weighted by atomic mass is 16.2. The zero-order valence-corrected chi connectivity index (χ0v) is 11.8. The minimum absolute atomic E-state index is 0.105. The molecule has 19 heavy (non-hydrogen) atoms. The fourth-order valence-corrected chi connectivity index (χ4v) is 1.60. The van der Waals surface area contributed by atoms with Crippen LogP contribution in [0.3, 0.4) is 0 Å². The van der Waals surface area contributed by atoms with Crippen molar-refractivity contribution in [2.45, 2.75) is 33.6 Å². The highest BCUT2D eigenvalue weighted by Gasteiger charge is 2.11. The predicted octanol–water partition coefficient (Wildman–Crippen LogP) is 3.17. The fourth-order valence-electron chi connectivity index (χ4n) is 1.60. The van der Waals surface area contributed by atoms with Crippen molar-refractivity contribution in [2.75, 3.05) is 0 Å². The summed E-state index contributed by atoms with van der Waals surface area (Å²) in [6, 6.07) is 9.48. The quantitative estimate of drug-likeness (QED) is 0.798. The van der Waals surface area contributed by atoms with Crippen LogP contribution in [0.25, 0.3) is 6.08 Å². The Morgan fingerprint density at radius 2 is 1.89 bits per heavy atom. The van der Waals surface area contributed by atoms with E-state index in [2.05, 4.69) is 5.32 Å². The van der Waals surface area contributed by atoms with Gasteiger partial charge in [-0.1, -0.05) is 50.6 Å². The molecule has 0 aliphatic carbocycles. The van der Waals surface area contributed by atoms with Crippen LogP contribution in [0.15, 0.2) is 36.0 Å². The molecule has 0 spiro atoms. The largest absolute Gasteiger partial charge is 0.323 e. The number of Topliss-reactive ketones (excluding diaryl/α,β-unsaturated/α-hetero) is 1. The molecule has 1 N–H and O–H groups in total. The van der Waals surface area contributed by atoms with Gasteiger partial charge in [0.2, 0.25) is 5.91 Å². The van der Waals surface area contributed by atoms with Crippen LogP contribution in [0.4, 0.5) is 0 Å². The van der Waals surface area contributed by atoms with Crippen LogP contribution in [0.1, 0.15) is 39.2 Å². The Morgan fingerprint density at radius 1 is 1.26 bits per heavy atom. The van der Waals surface area contributed by atoms with Crippen molar-refractivity contribution in [3.05, 3.63) is 41.6 Å². The molecule has 1 atom stereocenters. The summed E-state index contributed by atoms with van der Waals surface area (Å²) in [6.45, 7) is 5.52. The van der Waals surface area contributed by atoms with E-state index >= 15 is 0 Å². The van der Waals surface area contributed by atoms with Gasteiger partial charge in [-0.05, 0) is 17.6 Å². The summed E-state index contributed by atoms with van der Waals surface area (Å²) >= 11 is 0. The molecule has 3 nitrogen and oxygen atoms in total. The third kappa shape index (κ3) is 5.51. The molecular formula is C16H21NO2. The lowest BCUT2D eigenvalue weighted by Gasteiger charge is -2.10. The molecule has 0 heterocycles. The van der Waals surface area contributed by atoms with Gasteiger partial charge in [-0.2, -0.15) is 0 Å². The molecule has 0 aromatic heterocycles. The van der Waals surface area contributed by atoms with Gasteiger partial charge in [0.15, 0.2) is 5.78 Å². The summed E-state index contributed by atoms with van der Waals surface area (Å²) in [5.41, 5.74) is 1.25. The smallest absolute Gasteiger partial charge is 0.224 e. The molecule has 102 valence electrons. The van der Waals surface area contributed by atoms with Crippen molar-refractivity contribution in [3.63, 3.8) is 0 Å². The Balaban J connectivity index is 2.77. The van der Waals surface area contributed by atoms with E-state index in [1.165, 1.54) is 6.92 Å². The van der Waals surface area contributed by atoms with Gasteiger partial charge >= 0.3 is 0 Å². The van der Waals surface area contributed by atoms with Crippen molar-refractivity contribution >= 4 is 17.8 Å². The van der Waals surface area contributed by atoms with Crippen molar-refractivity contribution in [1.82, 2.24) is 5.32 Å². The molecule has 3 heteroatoms. The first-order chi connectivity index (χ1) is 9.02. The third-order valence-corrected chi connectivity index (χ3v) is 2.99. The number of hydrogen-bond donors (Lipinski definition) is 1. The van der Waals surface area contributed by atoms with Crippen LogP contribution < -0.4 is 5.32 Å². The molecule has 0 aliphatic heterocycles. The number of amides is 1. The molecule has 1 unspecified atom stereocenters. The number of carbonyl (C=O) groups excluding carboxylic acids is 2. The van der Waals surface area contributed by atoms with Crippen LogP contribution in [-0.2, 0) is 9.59 Å². The standard InChI is InChI=1S/C16H21NO2/c1-4-12(2)10-16(19)17-15(13(3)18)11-14-8-6-5-7-9-14/h5-9,11-12H,4,10H2,1-3H3,(H,17,19)/b15-11-. The van der Waals surface area contributed by atoms with Gasteiger partial charge in [-0.15, -0.1) is 0 Å². The van der Waals surface area contributed by atoms with Crippen molar-refractivity contribution in [3.8, 4) is 0 Å². The molecule has 0 radical (unpaired) electrons. The lowest BCUT2D eigenvalue weighted by Crippen LogP contribution is -2.27. The van der Waals surface area contributed by atoms with Crippen molar-refractivity contribution in [1.29, 1.82) is 0 Å². The monoisotopic (exact) mass is 259 g/mol. The molecule has 1 aromatic rings. The fraction of sp³-hybridized carbons (Fsp3) is 0.375. The molecule has 0 bridgehead atoms. The second kappa shape index (κ2) is 7.52. The van der Waals surface area contributed by atoms with Crippen molar-refractivity contribution in [2.24, 2.45) is 5.92 Å². The Bertz CT molecular complexity index is 463. The summed E-state index contributed by atoms with van der Waals surface area (Å²) in [5.74, 6) is 0.0815. The van der Waals surface area contributed by atoms with Crippen LogP contribution >= 0.6 is 0 Å². The van der Waals surface area contributed by atoms with Gasteiger partial charge in [-0.25, -0.2) is 0 Å². The Hall–Kier alpha value is -1.90. The predicted molar refractivity (Wildman–Crippen MR) is 77.3 cm³/mol. The number of ketones is 1. The second-order valence-corrected chi connectivity index (χ2v) is 4.79. The third-order valence-electron chi connectivity index (χ3n) is 2.99. The molecule has 1 amide bonds. The normalized spacial score (nSPS) is 12.9. The Morgan fingerprint density at radius 3 is 2.42 bits per heavy atom. The first-order valence-electron chi connectivity index (χ1n) is 6.60. The minimum Gasteiger partial charge on any atom is -0.323 e. The molecular weight excluding hydrogens is 238 g/mol. The van der Waals surface area contributed by atoms with E-state index in [1.54, 1.807) is 6.08 Å². The number of benzene rings is 1. The van der Waals surface area contributed by atoms with E-state index in [0.717, 1.165) is 12.0 Å². The molecule has 1 rings (SSSR count). The topological polar surface area (TPSA) is 46.2 Å². The van der Waals surface area contributed by atoms with Crippen molar-refractivity contribution < 1.29 is 9.59 Å². The Kier molecular flexibility index (Phi) is 6.00. The number of nitrogens with one attached hydrogen (secondary N) is 1. The molecule has 0 saturated heterocycles. The van der Waals surface area contributed by atoms with E-state index < -0.39 is 0 Å². The second-order valence-electron chi connectivity index (χ2n) is 4.79. The Labute approximate surface area is 114 Å². The highest BCUT2D eigenvalue weighted by molar-refractivity contribution is 6.01. The van der Waals surface area contributed by atoms with Gasteiger partial charge in [0.05, 0.1) is 5.70 Å². The minimum atomic E-state index is -0.138. The SMILES string of the molecule is CCC(C)CC(=O)N/C(=C\c1ccccc1)C(C)=O. The highest BCUT2D eigenvalue weighted by Crippen LogP contribution is 2.09. The van der Waals surface area contributed by atoms with Gasteiger partial charge in [-0.3, -0.25) is 9.59 Å². The molecule has 0 aliphatic rings. The number of carbonyl (C=O) groups is 2. The first-order valence-corrected chi connectivity index (χ1v) is 6.60. The van der Waals surface area contributed by atoms with Crippen LogP contribution in [-0.4, -0.2) is 11.7 Å². The molecule has 0 saturated carbocycles. The van der Waals surface area contributed by atoms with Crippen LogP contribution in [0, 0.1) is 5.92 Å². The lowest BCUT2D eigenvalue weighted by molar-refractivity contribution is -0.123. The lowest BCUT2D eigenvalue weighted by atomic mass is 10.0.